The van der Waals surface area contributed by atoms with Crippen molar-refractivity contribution in [3.63, 3.8) is 0 Å². The molecule has 1 aliphatic heterocycles. The van der Waals surface area contributed by atoms with E-state index >= 15 is 0 Å². The van der Waals surface area contributed by atoms with Crippen LogP contribution in [0.5, 0.6) is 0 Å². The maximum absolute atomic E-state index is 12.8. The van der Waals surface area contributed by atoms with Gasteiger partial charge in [-0.05, 0) is 31.2 Å². The minimum atomic E-state index is -3.80. The number of rotatable bonds is 5. The van der Waals surface area contributed by atoms with Crippen molar-refractivity contribution in [2.75, 3.05) is 26.2 Å². The Labute approximate surface area is 158 Å². The third-order valence-electron chi connectivity index (χ3n) is 4.35. The molecule has 0 aliphatic carbocycles. The van der Waals surface area contributed by atoms with Crippen LogP contribution in [0, 0.1) is 0 Å². The number of carbonyl (C=O) groups is 1. The average Bonchev–Trinajstić information content (AvgIpc) is 2.69. The van der Waals surface area contributed by atoms with Crippen LogP contribution in [-0.4, -0.2) is 62.4 Å². The lowest BCUT2D eigenvalue weighted by Gasteiger charge is -2.33. The number of pyridine rings is 1. The minimum Gasteiger partial charge on any atom is -0.295 e. The Hall–Kier alpha value is -2.14. The number of aromatic nitrogens is 1. The molecule has 0 saturated carbocycles. The summed E-state index contributed by atoms with van der Waals surface area (Å²) in [5.74, 6) is -0.223. The van der Waals surface area contributed by atoms with Crippen LogP contribution in [0.25, 0.3) is 0 Å². The molecule has 27 heavy (non-hydrogen) atoms. The highest BCUT2D eigenvalue weighted by Crippen LogP contribution is 2.22. The van der Waals surface area contributed by atoms with Gasteiger partial charge in [0.2, 0.25) is 20.0 Å². The van der Waals surface area contributed by atoms with Crippen molar-refractivity contribution in [3.8, 4) is 0 Å². The molecular weight excluding hydrogens is 390 g/mol. The van der Waals surface area contributed by atoms with E-state index in [-0.39, 0.29) is 41.8 Å². The molecule has 0 atom stereocenters. The maximum atomic E-state index is 12.8. The van der Waals surface area contributed by atoms with Gasteiger partial charge in [0, 0.05) is 44.1 Å². The summed E-state index contributed by atoms with van der Waals surface area (Å²) in [4.78, 5) is 15.4. The van der Waals surface area contributed by atoms with E-state index in [0.717, 1.165) is 0 Å². The van der Waals surface area contributed by atoms with Crippen molar-refractivity contribution in [1.82, 2.24) is 13.6 Å². The first kappa shape index (κ1) is 19.6. The molecule has 1 saturated heterocycles. The SMILES string of the molecule is CC(=O)c1cccc(S(=O)(=O)N2CCN(S(=O)(=O)c3cccnc3)CC2)c1. The monoisotopic (exact) mass is 409 g/mol. The van der Waals surface area contributed by atoms with E-state index in [1.54, 1.807) is 6.07 Å². The van der Waals surface area contributed by atoms with Crippen molar-refractivity contribution in [2.45, 2.75) is 16.7 Å². The van der Waals surface area contributed by atoms with Crippen molar-refractivity contribution in [3.05, 3.63) is 54.4 Å². The van der Waals surface area contributed by atoms with Gasteiger partial charge in [-0.2, -0.15) is 8.61 Å². The summed E-state index contributed by atoms with van der Waals surface area (Å²) in [5, 5.41) is 0. The van der Waals surface area contributed by atoms with Crippen LogP contribution in [0.4, 0.5) is 0 Å². The Balaban J connectivity index is 1.77. The smallest absolute Gasteiger partial charge is 0.244 e. The summed E-state index contributed by atoms with van der Waals surface area (Å²) in [7, 11) is -7.51. The van der Waals surface area contributed by atoms with E-state index in [0.29, 0.717) is 5.56 Å². The maximum Gasteiger partial charge on any atom is 0.244 e. The normalized spacial score (nSPS) is 16.9. The number of hydrogen-bond donors (Lipinski definition) is 0. The summed E-state index contributed by atoms with van der Waals surface area (Å²) in [6.07, 6.45) is 2.75. The van der Waals surface area contributed by atoms with Gasteiger partial charge in [-0.15, -0.1) is 0 Å². The van der Waals surface area contributed by atoms with E-state index in [4.69, 9.17) is 0 Å². The van der Waals surface area contributed by atoms with E-state index in [1.165, 1.54) is 58.3 Å². The van der Waals surface area contributed by atoms with Crippen LogP contribution < -0.4 is 0 Å². The second kappa shape index (κ2) is 7.47. The molecular formula is C17H19N3O5S2. The number of hydrogen-bond acceptors (Lipinski definition) is 6. The number of Topliss-reactive ketones (excluding diaryl/α,β-unsaturated/α-hetero) is 1. The van der Waals surface area contributed by atoms with Gasteiger partial charge in [0.15, 0.2) is 5.78 Å². The highest BCUT2D eigenvalue weighted by atomic mass is 32.2. The van der Waals surface area contributed by atoms with E-state index in [9.17, 15) is 21.6 Å². The quantitative estimate of drug-likeness (QED) is 0.682. The zero-order valence-corrected chi connectivity index (χ0v) is 16.3. The Morgan fingerprint density at radius 2 is 1.44 bits per heavy atom. The molecule has 2 aromatic rings. The molecule has 0 N–H and O–H groups in total. The fourth-order valence-corrected chi connectivity index (χ4v) is 5.68. The van der Waals surface area contributed by atoms with Crippen molar-refractivity contribution < 1.29 is 21.6 Å². The molecule has 1 aliphatic rings. The fraction of sp³-hybridized carbons (Fsp3) is 0.294. The molecule has 0 radical (unpaired) electrons. The molecule has 2 heterocycles. The number of ketones is 1. The van der Waals surface area contributed by atoms with Gasteiger partial charge < -0.3 is 0 Å². The predicted molar refractivity (Wildman–Crippen MR) is 98.2 cm³/mol. The van der Waals surface area contributed by atoms with Crippen LogP contribution >= 0.6 is 0 Å². The Morgan fingerprint density at radius 1 is 0.889 bits per heavy atom. The second-order valence-corrected chi connectivity index (χ2v) is 9.96. The van der Waals surface area contributed by atoms with Crippen LogP contribution in [0.2, 0.25) is 0 Å². The van der Waals surface area contributed by atoms with Gasteiger partial charge in [0.25, 0.3) is 0 Å². The van der Waals surface area contributed by atoms with Gasteiger partial charge >= 0.3 is 0 Å². The van der Waals surface area contributed by atoms with E-state index in [2.05, 4.69) is 4.98 Å². The third kappa shape index (κ3) is 3.93. The van der Waals surface area contributed by atoms with Gasteiger partial charge in [-0.3, -0.25) is 9.78 Å². The Morgan fingerprint density at radius 3 is 1.96 bits per heavy atom. The average molecular weight is 409 g/mol. The van der Waals surface area contributed by atoms with Crippen molar-refractivity contribution in [1.29, 1.82) is 0 Å². The molecule has 8 nitrogen and oxygen atoms in total. The fourth-order valence-electron chi connectivity index (χ4n) is 2.82. The summed E-state index contributed by atoms with van der Waals surface area (Å²) in [5.41, 5.74) is 0.314. The zero-order valence-electron chi connectivity index (χ0n) is 14.6. The Bertz CT molecular complexity index is 1040. The first-order chi connectivity index (χ1) is 12.7. The van der Waals surface area contributed by atoms with Crippen LogP contribution in [0.1, 0.15) is 17.3 Å². The van der Waals surface area contributed by atoms with Crippen LogP contribution in [0.15, 0.2) is 58.6 Å². The molecule has 1 aromatic carbocycles. The van der Waals surface area contributed by atoms with E-state index in [1.807, 2.05) is 0 Å². The lowest BCUT2D eigenvalue weighted by Crippen LogP contribution is -2.50. The lowest BCUT2D eigenvalue weighted by atomic mass is 10.2. The molecule has 144 valence electrons. The standard InChI is InChI=1S/C17H19N3O5S2/c1-14(21)15-4-2-5-16(12-15)26(22,23)19-8-10-20(11-9-19)27(24,25)17-6-3-7-18-13-17/h2-7,12-13H,8-11H2,1H3. The van der Waals surface area contributed by atoms with Gasteiger partial charge in [0.1, 0.15) is 4.90 Å². The largest absolute Gasteiger partial charge is 0.295 e. The predicted octanol–water partition coefficient (Wildman–Crippen LogP) is 0.979. The molecule has 1 aromatic heterocycles. The molecule has 3 rings (SSSR count). The zero-order chi connectivity index (χ0) is 19.7. The topological polar surface area (TPSA) is 105 Å². The third-order valence-corrected chi connectivity index (χ3v) is 8.12. The summed E-state index contributed by atoms with van der Waals surface area (Å²) < 4.78 is 53.4. The highest BCUT2D eigenvalue weighted by Gasteiger charge is 2.33. The van der Waals surface area contributed by atoms with Crippen LogP contribution in [0.3, 0.4) is 0 Å². The molecule has 0 unspecified atom stereocenters. The summed E-state index contributed by atoms with van der Waals surface area (Å²) >= 11 is 0. The van der Waals surface area contributed by atoms with Gasteiger partial charge in [0.05, 0.1) is 4.90 Å². The minimum absolute atomic E-state index is 0.0266. The number of carbonyl (C=O) groups excluding carboxylic acids is 1. The molecule has 0 spiro atoms. The summed E-state index contributed by atoms with van der Waals surface area (Å²) in [6, 6.07) is 8.84. The van der Waals surface area contributed by atoms with Gasteiger partial charge in [-0.25, -0.2) is 16.8 Å². The molecule has 1 fully saturated rings. The first-order valence-corrected chi connectivity index (χ1v) is 11.1. The van der Waals surface area contributed by atoms with Crippen LogP contribution in [-0.2, 0) is 20.0 Å². The van der Waals surface area contributed by atoms with E-state index < -0.39 is 20.0 Å². The van der Waals surface area contributed by atoms with Gasteiger partial charge in [-0.1, -0.05) is 12.1 Å². The molecule has 10 heteroatoms. The number of benzene rings is 1. The molecule has 0 amide bonds. The Kier molecular flexibility index (Phi) is 5.43. The second-order valence-electron chi connectivity index (χ2n) is 6.08. The molecule has 0 bridgehead atoms. The number of sulfonamides is 2. The lowest BCUT2D eigenvalue weighted by molar-refractivity contribution is 0.101. The van der Waals surface area contributed by atoms with Crippen molar-refractivity contribution >= 4 is 25.8 Å². The highest BCUT2D eigenvalue weighted by molar-refractivity contribution is 7.89. The number of nitrogens with zero attached hydrogens (tertiary/aromatic N) is 3. The summed E-state index contributed by atoms with van der Waals surface area (Å²) in [6.45, 7) is 1.53. The first-order valence-electron chi connectivity index (χ1n) is 8.24. The van der Waals surface area contributed by atoms with Crippen molar-refractivity contribution in [2.24, 2.45) is 0 Å². The number of piperazine rings is 1.